The maximum Gasteiger partial charge on any atom is 0.326 e. The number of para-hydroxylation sites is 1. The maximum absolute atomic E-state index is 12.5. The smallest absolute Gasteiger partial charge is 0.326 e. The summed E-state index contributed by atoms with van der Waals surface area (Å²) in [4.78, 5) is 23.7. The van der Waals surface area contributed by atoms with E-state index in [0.29, 0.717) is 29.8 Å². The highest BCUT2D eigenvalue weighted by atomic mass is 16.4. The fourth-order valence-electron chi connectivity index (χ4n) is 2.57. The molecule has 1 aromatic carbocycles. The van der Waals surface area contributed by atoms with Crippen LogP contribution < -0.4 is 5.32 Å². The molecule has 122 valence electrons. The minimum Gasteiger partial charge on any atom is -0.480 e. The normalized spacial score (nSPS) is 12.0. The third-order valence-corrected chi connectivity index (χ3v) is 3.70. The number of benzene rings is 1. The molecule has 1 heterocycles. The molecule has 0 aliphatic rings. The molecule has 0 fully saturated rings. The summed E-state index contributed by atoms with van der Waals surface area (Å²) in [6.45, 7) is 5.43. The van der Waals surface area contributed by atoms with E-state index in [-0.39, 0.29) is 0 Å². The Bertz CT molecular complexity index is 707. The van der Waals surface area contributed by atoms with Crippen LogP contribution in [0.5, 0.6) is 0 Å². The van der Waals surface area contributed by atoms with Gasteiger partial charge in [-0.25, -0.2) is 9.48 Å². The Kier molecular flexibility index (Phi) is 5.16. The molecule has 0 saturated carbocycles. The number of rotatable bonds is 6. The quantitative estimate of drug-likeness (QED) is 0.857. The van der Waals surface area contributed by atoms with Crippen LogP contribution in [0, 0.1) is 13.8 Å². The van der Waals surface area contributed by atoms with Crippen molar-refractivity contribution in [3.8, 4) is 5.69 Å². The Morgan fingerprint density at radius 2 is 1.91 bits per heavy atom. The molecular formula is C17H21N3O3. The van der Waals surface area contributed by atoms with E-state index < -0.39 is 17.9 Å². The minimum atomic E-state index is -1.02. The number of aryl methyl sites for hydroxylation is 1. The number of carboxylic acids is 1. The average molecular weight is 315 g/mol. The Morgan fingerprint density at radius 1 is 1.26 bits per heavy atom. The molecule has 0 spiro atoms. The molecule has 2 aromatic rings. The maximum atomic E-state index is 12.5. The Labute approximate surface area is 135 Å². The summed E-state index contributed by atoms with van der Waals surface area (Å²) in [5.74, 6) is -1.42. The van der Waals surface area contributed by atoms with E-state index in [4.69, 9.17) is 0 Å². The van der Waals surface area contributed by atoms with Crippen LogP contribution >= 0.6 is 0 Å². The third kappa shape index (κ3) is 3.59. The van der Waals surface area contributed by atoms with Gasteiger partial charge in [-0.15, -0.1) is 0 Å². The van der Waals surface area contributed by atoms with Crippen LogP contribution in [-0.4, -0.2) is 32.8 Å². The first kappa shape index (κ1) is 16.7. The number of nitrogens with zero attached hydrogens (tertiary/aromatic N) is 2. The van der Waals surface area contributed by atoms with Gasteiger partial charge < -0.3 is 10.4 Å². The van der Waals surface area contributed by atoms with Gasteiger partial charge in [0.05, 0.1) is 22.6 Å². The average Bonchev–Trinajstić information content (AvgIpc) is 2.82. The van der Waals surface area contributed by atoms with Gasteiger partial charge in [-0.2, -0.15) is 5.10 Å². The zero-order valence-corrected chi connectivity index (χ0v) is 13.5. The van der Waals surface area contributed by atoms with Crippen molar-refractivity contribution >= 4 is 11.9 Å². The first-order chi connectivity index (χ1) is 11.0. The van der Waals surface area contributed by atoms with Crippen molar-refractivity contribution in [2.24, 2.45) is 0 Å². The topological polar surface area (TPSA) is 84.2 Å². The molecule has 1 aromatic heterocycles. The first-order valence-corrected chi connectivity index (χ1v) is 7.61. The molecule has 1 unspecified atom stereocenters. The number of hydrogen-bond donors (Lipinski definition) is 2. The lowest BCUT2D eigenvalue weighted by atomic mass is 10.1. The van der Waals surface area contributed by atoms with E-state index in [1.54, 1.807) is 18.5 Å². The van der Waals surface area contributed by atoms with E-state index in [1.165, 1.54) is 0 Å². The van der Waals surface area contributed by atoms with E-state index in [0.717, 1.165) is 5.69 Å². The summed E-state index contributed by atoms with van der Waals surface area (Å²) in [5, 5.41) is 16.2. The van der Waals surface area contributed by atoms with Crippen molar-refractivity contribution in [3.63, 3.8) is 0 Å². The van der Waals surface area contributed by atoms with Crippen LogP contribution in [-0.2, 0) is 4.79 Å². The lowest BCUT2D eigenvalue weighted by molar-refractivity contribution is -0.139. The number of carboxylic acid groups (broad SMARTS) is 1. The lowest BCUT2D eigenvalue weighted by Crippen LogP contribution is -2.41. The van der Waals surface area contributed by atoms with E-state index in [1.807, 2.05) is 37.3 Å². The first-order valence-electron chi connectivity index (χ1n) is 7.61. The van der Waals surface area contributed by atoms with E-state index in [2.05, 4.69) is 10.4 Å². The van der Waals surface area contributed by atoms with Crippen LogP contribution in [0.25, 0.3) is 5.69 Å². The van der Waals surface area contributed by atoms with Gasteiger partial charge in [0.15, 0.2) is 0 Å². The number of amides is 1. The van der Waals surface area contributed by atoms with Crippen LogP contribution in [0.3, 0.4) is 0 Å². The molecule has 0 bridgehead atoms. The molecule has 0 aliphatic heterocycles. The molecule has 6 nitrogen and oxygen atoms in total. The molecule has 0 saturated heterocycles. The monoisotopic (exact) mass is 315 g/mol. The highest BCUT2D eigenvalue weighted by molar-refractivity contribution is 5.98. The molecule has 6 heteroatoms. The molecule has 2 rings (SSSR count). The van der Waals surface area contributed by atoms with Crippen molar-refractivity contribution in [3.05, 3.63) is 47.3 Å². The van der Waals surface area contributed by atoms with Gasteiger partial charge in [0.25, 0.3) is 5.91 Å². The number of hydrogen-bond acceptors (Lipinski definition) is 3. The Hall–Kier alpha value is -2.63. The van der Waals surface area contributed by atoms with Gasteiger partial charge in [0, 0.05) is 0 Å². The van der Waals surface area contributed by atoms with E-state index in [9.17, 15) is 14.7 Å². The highest BCUT2D eigenvalue weighted by Gasteiger charge is 2.24. The number of aromatic nitrogens is 2. The predicted molar refractivity (Wildman–Crippen MR) is 86.8 cm³/mol. The Morgan fingerprint density at radius 3 is 2.48 bits per heavy atom. The number of nitrogens with one attached hydrogen (secondary N) is 1. The summed E-state index contributed by atoms with van der Waals surface area (Å²) >= 11 is 0. The van der Waals surface area contributed by atoms with Crippen LogP contribution in [0.4, 0.5) is 0 Å². The van der Waals surface area contributed by atoms with Crippen LogP contribution in [0.1, 0.15) is 41.5 Å². The second-order valence-corrected chi connectivity index (χ2v) is 5.45. The summed E-state index contributed by atoms with van der Waals surface area (Å²) in [6.07, 6.45) is 1.07. The molecule has 1 atom stereocenters. The summed E-state index contributed by atoms with van der Waals surface area (Å²) in [5.41, 5.74) is 2.54. The minimum absolute atomic E-state index is 0.395. The summed E-state index contributed by atoms with van der Waals surface area (Å²) < 4.78 is 1.69. The molecular weight excluding hydrogens is 294 g/mol. The zero-order chi connectivity index (χ0) is 17.0. The Balaban J connectivity index is 2.31. The van der Waals surface area contributed by atoms with Gasteiger partial charge in [0.2, 0.25) is 0 Å². The fraction of sp³-hybridized carbons (Fsp3) is 0.353. The van der Waals surface area contributed by atoms with Gasteiger partial charge in [-0.3, -0.25) is 4.79 Å². The number of carbonyl (C=O) groups excluding carboxylic acids is 1. The molecule has 1 amide bonds. The largest absolute Gasteiger partial charge is 0.480 e. The van der Waals surface area contributed by atoms with Crippen molar-refractivity contribution in [2.45, 2.75) is 39.7 Å². The predicted octanol–water partition coefficient (Wildman–Crippen LogP) is 2.47. The summed E-state index contributed by atoms with van der Waals surface area (Å²) in [6, 6.07) is 8.62. The third-order valence-electron chi connectivity index (χ3n) is 3.70. The van der Waals surface area contributed by atoms with Gasteiger partial charge in [0.1, 0.15) is 6.04 Å². The van der Waals surface area contributed by atoms with Gasteiger partial charge in [-0.1, -0.05) is 31.5 Å². The van der Waals surface area contributed by atoms with Gasteiger partial charge >= 0.3 is 5.97 Å². The molecule has 0 radical (unpaired) electrons. The van der Waals surface area contributed by atoms with Crippen LogP contribution in [0.15, 0.2) is 30.3 Å². The van der Waals surface area contributed by atoms with E-state index >= 15 is 0 Å². The highest BCUT2D eigenvalue weighted by Crippen LogP contribution is 2.18. The van der Waals surface area contributed by atoms with Crippen LogP contribution in [0.2, 0.25) is 0 Å². The second-order valence-electron chi connectivity index (χ2n) is 5.45. The molecule has 2 N–H and O–H groups in total. The fourth-order valence-corrected chi connectivity index (χ4v) is 2.57. The number of aliphatic carboxylic acids is 1. The summed E-state index contributed by atoms with van der Waals surface area (Å²) in [7, 11) is 0. The zero-order valence-electron chi connectivity index (χ0n) is 13.5. The number of carbonyl (C=O) groups is 2. The van der Waals surface area contributed by atoms with Crippen molar-refractivity contribution in [1.29, 1.82) is 0 Å². The lowest BCUT2D eigenvalue weighted by Gasteiger charge is -2.13. The SMILES string of the molecule is CCCC(NC(=O)c1c(C)nn(-c2ccccc2)c1C)C(=O)O. The van der Waals surface area contributed by atoms with Gasteiger partial charge in [-0.05, 0) is 32.4 Å². The van der Waals surface area contributed by atoms with Crippen molar-refractivity contribution in [2.75, 3.05) is 0 Å². The molecule has 23 heavy (non-hydrogen) atoms. The molecule has 0 aliphatic carbocycles. The van der Waals surface area contributed by atoms with Crippen molar-refractivity contribution < 1.29 is 14.7 Å². The standard InChI is InChI=1S/C17H21N3O3/c1-4-8-14(17(22)23)18-16(21)15-11(2)19-20(12(15)3)13-9-6-5-7-10-13/h5-7,9-10,14H,4,8H2,1-3H3,(H,18,21)(H,22,23). The van der Waals surface area contributed by atoms with Crippen molar-refractivity contribution in [1.82, 2.24) is 15.1 Å². The second kappa shape index (κ2) is 7.09.